The Hall–Kier alpha value is -3.49. The minimum absolute atomic E-state index is 0.00721. The van der Waals surface area contributed by atoms with E-state index in [1.165, 1.54) is 6.08 Å². The van der Waals surface area contributed by atoms with Crippen LogP contribution in [0.4, 0.5) is 17.6 Å². The highest BCUT2D eigenvalue weighted by Gasteiger charge is 2.36. The fourth-order valence-electron chi connectivity index (χ4n) is 3.71. The molecule has 9 heteroatoms. The van der Waals surface area contributed by atoms with E-state index in [4.69, 9.17) is 9.63 Å². The highest BCUT2D eigenvalue weighted by molar-refractivity contribution is 5.80. The zero-order valence-electron chi connectivity index (χ0n) is 16.9. The lowest BCUT2D eigenvalue weighted by molar-refractivity contribution is -0.140. The van der Waals surface area contributed by atoms with Crippen LogP contribution in [-0.2, 0) is 4.79 Å². The SMILES string of the molecule is CC1C=CC(C(F)(F)F)=C(c2ccc(-c3nc(C4=CCC(C(=O)O)C(F)=C4)no3)cc2)C1. The number of hydrogen-bond donors (Lipinski definition) is 1. The molecule has 0 radical (unpaired) electrons. The van der Waals surface area contributed by atoms with Crippen molar-refractivity contribution in [1.82, 2.24) is 10.1 Å². The molecule has 2 atom stereocenters. The van der Waals surface area contributed by atoms with Crippen molar-refractivity contribution in [2.75, 3.05) is 0 Å². The van der Waals surface area contributed by atoms with Crippen LogP contribution in [0.2, 0.25) is 0 Å². The van der Waals surface area contributed by atoms with E-state index in [2.05, 4.69) is 10.1 Å². The molecule has 1 N–H and O–H groups in total. The molecule has 32 heavy (non-hydrogen) atoms. The molecule has 0 amide bonds. The van der Waals surface area contributed by atoms with Crippen LogP contribution in [0.15, 0.2) is 64.5 Å². The molecule has 2 aromatic rings. The summed E-state index contributed by atoms with van der Waals surface area (Å²) in [6, 6.07) is 6.32. The van der Waals surface area contributed by atoms with Crippen molar-refractivity contribution < 1.29 is 32.0 Å². The van der Waals surface area contributed by atoms with Crippen LogP contribution in [0.1, 0.15) is 31.2 Å². The normalized spacial score (nSPS) is 21.4. The van der Waals surface area contributed by atoms with Gasteiger partial charge in [0, 0.05) is 11.1 Å². The van der Waals surface area contributed by atoms with E-state index in [0.29, 0.717) is 16.7 Å². The van der Waals surface area contributed by atoms with Crippen LogP contribution >= 0.6 is 0 Å². The lowest BCUT2D eigenvalue weighted by Crippen LogP contribution is -2.16. The van der Waals surface area contributed by atoms with Gasteiger partial charge in [-0.1, -0.05) is 42.4 Å². The Labute approximate surface area is 180 Å². The number of carbonyl (C=O) groups is 1. The maximum Gasteiger partial charge on any atom is 0.416 e. The van der Waals surface area contributed by atoms with E-state index in [1.807, 2.05) is 6.92 Å². The number of rotatable bonds is 4. The Kier molecular flexibility index (Phi) is 5.58. The molecule has 5 nitrogen and oxygen atoms in total. The zero-order chi connectivity index (χ0) is 23.0. The molecule has 2 aliphatic carbocycles. The van der Waals surface area contributed by atoms with Crippen LogP contribution in [-0.4, -0.2) is 27.4 Å². The number of hydrogen-bond acceptors (Lipinski definition) is 4. The summed E-state index contributed by atoms with van der Waals surface area (Å²) in [4.78, 5) is 15.2. The summed E-state index contributed by atoms with van der Waals surface area (Å²) in [5.74, 6) is -3.08. The second-order valence-electron chi connectivity index (χ2n) is 7.75. The van der Waals surface area contributed by atoms with Crippen LogP contribution < -0.4 is 0 Å². The number of nitrogens with zero attached hydrogens (tertiary/aromatic N) is 2. The molecule has 166 valence electrons. The first kappa shape index (κ1) is 21.7. The fourth-order valence-corrected chi connectivity index (χ4v) is 3.71. The van der Waals surface area contributed by atoms with Crippen molar-refractivity contribution in [1.29, 1.82) is 0 Å². The molecule has 0 bridgehead atoms. The van der Waals surface area contributed by atoms with Gasteiger partial charge in [0.15, 0.2) is 0 Å². The number of alkyl halides is 3. The summed E-state index contributed by atoms with van der Waals surface area (Å²) in [5.41, 5.74) is 0.823. The zero-order valence-corrected chi connectivity index (χ0v) is 16.9. The third-order valence-electron chi connectivity index (χ3n) is 5.41. The minimum Gasteiger partial charge on any atom is -0.481 e. The summed E-state index contributed by atoms with van der Waals surface area (Å²) >= 11 is 0. The quantitative estimate of drug-likeness (QED) is 0.584. The van der Waals surface area contributed by atoms with Gasteiger partial charge in [-0.3, -0.25) is 4.79 Å². The first-order valence-electron chi connectivity index (χ1n) is 9.87. The number of halogens is 4. The number of carboxylic acids is 1. The molecule has 1 aromatic carbocycles. The van der Waals surface area contributed by atoms with E-state index in [1.54, 1.807) is 30.3 Å². The highest BCUT2D eigenvalue weighted by Crippen LogP contribution is 2.40. The molecule has 1 heterocycles. The summed E-state index contributed by atoms with van der Waals surface area (Å²) < 4.78 is 59.4. The Balaban J connectivity index is 1.59. The molecular formula is C23H18F4N2O3. The minimum atomic E-state index is -4.44. The third-order valence-corrected chi connectivity index (χ3v) is 5.41. The Bertz CT molecular complexity index is 1170. The third kappa shape index (κ3) is 4.28. The van der Waals surface area contributed by atoms with Crippen LogP contribution in [0.5, 0.6) is 0 Å². The predicted octanol–water partition coefficient (Wildman–Crippen LogP) is 5.99. The molecule has 2 unspecified atom stereocenters. The molecular weight excluding hydrogens is 428 g/mol. The topological polar surface area (TPSA) is 76.2 Å². The Morgan fingerprint density at radius 1 is 1.19 bits per heavy atom. The summed E-state index contributed by atoms with van der Waals surface area (Å²) in [7, 11) is 0. The first-order chi connectivity index (χ1) is 15.1. The van der Waals surface area contributed by atoms with Crippen molar-refractivity contribution in [2.45, 2.75) is 25.9 Å². The van der Waals surface area contributed by atoms with Gasteiger partial charge in [-0.2, -0.15) is 18.2 Å². The maximum atomic E-state index is 14.0. The van der Waals surface area contributed by atoms with E-state index >= 15 is 0 Å². The highest BCUT2D eigenvalue weighted by atomic mass is 19.4. The predicted molar refractivity (Wildman–Crippen MR) is 109 cm³/mol. The van der Waals surface area contributed by atoms with Crippen molar-refractivity contribution in [3.63, 3.8) is 0 Å². The van der Waals surface area contributed by atoms with Gasteiger partial charge in [0.1, 0.15) is 11.7 Å². The molecule has 0 aliphatic heterocycles. The van der Waals surface area contributed by atoms with Crippen LogP contribution in [0.25, 0.3) is 22.6 Å². The fraction of sp³-hybridized carbons (Fsp3) is 0.261. The first-order valence-corrected chi connectivity index (χ1v) is 9.87. The van der Waals surface area contributed by atoms with Gasteiger partial charge >= 0.3 is 12.1 Å². The Morgan fingerprint density at radius 2 is 1.88 bits per heavy atom. The standard InChI is InChI=1S/C23H18F4N2O3/c1-12-2-9-18(23(25,26)27)17(10-12)13-3-5-14(6-4-13)21-28-20(29-32-21)15-7-8-16(22(30)31)19(24)11-15/h2-7,9,11-12,16H,8,10H2,1H3,(H,30,31). The van der Waals surface area contributed by atoms with Gasteiger partial charge in [-0.25, -0.2) is 4.39 Å². The number of benzene rings is 1. The Morgan fingerprint density at radius 3 is 2.50 bits per heavy atom. The summed E-state index contributed by atoms with van der Waals surface area (Å²) in [6.07, 6.45) is 1.05. The van der Waals surface area contributed by atoms with Gasteiger partial charge < -0.3 is 9.63 Å². The largest absolute Gasteiger partial charge is 0.481 e. The number of aromatic nitrogens is 2. The van der Waals surface area contributed by atoms with Crippen LogP contribution in [0.3, 0.4) is 0 Å². The lowest BCUT2D eigenvalue weighted by atomic mass is 9.86. The second-order valence-corrected chi connectivity index (χ2v) is 7.75. The molecule has 1 aromatic heterocycles. The van der Waals surface area contributed by atoms with Crippen molar-refractivity contribution in [3.05, 3.63) is 71.4 Å². The van der Waals surface area contributed by atoms with E-state index in [9.17, 15) is 22.4 Å². The molecule has 0 spiro atoms. The molecule has 0 saturated carbocycles. The lowest BCUT2D eigenvalue weighted by Gasteiger charge is -2.22. The number of allylic oxidation sites excluding steroid dienone is 7. The van der Waals surface area contributed by atoms with Crippen molar-refractivity contribution >= 4 is 17.1 Å². The van der Waals surface area contributed by atoms with Gasteiger partial charge in [-0.05, 0) is 48.1 Å². The molecule has 0 fully saturated rings. The molecule has 0 saturated heterocycles. The van der Waals surface area contributed by atoms with Gasteiger partial charge in [0.25, 0.3) is 5.89 Å². The number of aliphatic carboxylic acids is 1. The average molecular weight is 446 g/mol. The van der Waals surface area contributed by atoms with E-state index in [-0.39, 0.29) is 36.0 Å². The average Bonchev–Trinajstić information content (AvgIpc) is 3.23. The van der Waals surface area contributed by atoms with Gasteiger partial charge in [-0.15, -0.1) is 0 Å². The molecule has 4 rings (SSSR count). The summed E-state index contributed by atoms with van der Waals surface area (Å²) in [5, 5.41) is 12.8. The van der Waals surface area contributed by atoms with Crippen LogP contribution in [0, 0.1) is 11.8 Å². The maximum absolute atomic E-state index is 14.0. The van der Waals surface area contributed by atoms with E-state index < -0.39 is 29.5 Å². The van der Waals surface area contributed by atoms with Gasteiger partial charge in [0.2, 0.25) is 5.82 Å². The monoisotopic (exact) mass is 446 g/mol. The summed E-state index contributed by atoms with van der Waals surface area (Å²) in [6.45, 7) is 1.86. The van der Waals surface area contributed by atoms with E-state index in [0.717, 1.165) is 12.2 Å². The van der Waals surface area contributed by atoms with Crippen molar-refractivity contribution in [2.24, 2.45) is 11.8 Å². The second kappa shape index (κ2) is 8.22. The van der Waals surface area contributed by atoms with Gasteiger partial charge in [0.05, 0.1) is 5.57 Å². The smallest absolute Gasteiger partial charge is 0.416 e. The number of carboxylic acid groups (broad SMARTS) is 1. The van der Waals surface area contributed by atoms with Crippen molar-refractivity contribution in [3.8, 4) is 11.5 Å². The molecule has 2 aliphatic rings.